The molecule has 3 aromatic rings. The number of carbonyl (C=O) groups is 1. The number of ether oxygens (including phenoxy) is 1. The third-order valence-electron chi connectivity index (χ3n) is 4.65. The van der Waals surface area contributed by atoms with Crippen molar-refractivity contribution in [3.63, 3.8) is 0 Å². The van der Waals surface area contributed by atoms with E-state index in [9.17, 15) is 4.79 Å². The van der Waals surface area contributed by atoms with E-state index in [1.807, 2.05) is 42.7 Å². The van der Waals surface area contributed by atoms with Gasteiger partial charge < -0.3 is 15.0 Å². The third kappa shape index (κ3) is 2.92. The molecular formula is C19H24N4O2. The number of rotatable bonds is 5. The molecule has 6 heteroatoms. The van der Waals surface area contributed by atoms with Gasteiger partial charge in [0.2, 0.25) is 0 Å². The Hall–Kier alpha value is -2.63. The van der Waals surface area contributed by atoms with Crippen LogP contribution in [0.4, 0.5) is 5.82 Å². The Morgan fingerprint density at radius 3 is 2.40 bits per heavy atom. The van der Waals surface area contributed by atoms with Crippen LogP contribution < -0.4 is 5.73 Å². The van der Waals surface area contributed by atoms with E-state index in [-0.39, 0.29) is 12.1 Å². The summed E-state index contributed by atoms with van der Waals surface area (Å²) in [7, 11) is 0. The molecular weight excluding hydrogens is 316 g/mol. The van der Waals surface area contributed by atoms with Crippen molar-refractivity contribution >= 4 is 34.0 Å². The number of fused-ring (bicyclic) bond motifs is 2. The zero-order valence-corrected chi connectivity index (χ0v) is 15.1. The van der Waals surface area contributed by atoms with E-state index in [1.54, 1.807) is 0 Å². The van der Waals surface area contributed by atoms with Crippen LogP contribution in [0.15, 0.2) is 24.3 Å². The lowest BCUT2D eigenvalue weighted by Crippen LogP contribution is -2.16. The van der Waals surface area contributed by atoms with E-state index in [2.05, 4.69) is 18.8 Å². The van der Waals surface area contributed by atoms with Crippen molar-refractivity contribution < 1.29 is 9.53 Å². The van der Waals surface area contributed by atoms with Crippen molar-refractivity contribution in [2.45, 2.75) is 52.7 Å². The number of nitrogens with zero attached hydrogens (tertiary/aromatic N) is 3. The average Bonchev–Trinajstić information content (AvgIpc) is 2.89. The lowest BCUT2D eigenvalue weighted by molar-refractivity contribution is 0.0338. The van der Waals surface area contributed by atoms with Gasteiger partial charge >= 0.3 is 5.97 Å². The van der Waals surface area contributed by atoms with Crippen LogP contribution in [0.1, 0.15) is 56.9 Å². The van der Waals surface area contributed by atoms with Crippen LogP contribution in [0.2, 0.25) is 0 Å². The second kappa shape index (κ2) is 6.70. The topological polar surface area (TPSA) is 83.0 Å². The summed E-state index contributed by atoms with van der Waals surface area (Å²) in [5.41, 5.74) is 9.31. The molecule has 6 nitrogen and oxygen atoms in total. The first-order valence-electron chi connectivity index (χ1n) is 8.75. The number of hydrogen-bond donors (Lipinski definition) is 1. The molecule has 1 aromatic carbocycles. The molecule has 0 aliphatic carbocycles. The number of esters is 1. The highest BCUT2D eigenvalue weighted by atomic mass is 16.5. The number of nitrogen functional groups attached to an aromatic ring is 1. The third-order valence-corrected chi connectivity index (χ3v) is 4.65. The zero-order chi connectivity index (χ0) is 18.1. The highest BCUT2D eigenvalue weighted by Gasteiger charge is 2.27. The van der Waals surface area contributed by atoms with Crippen LogP contribution >= 0.6 is 0 Å². The Bertz CT molecular complexity index is 932. The second-order valence-corrected chi connectivity index (χ2v) is 6.40. The number of nitrogens with two attached hydrogens (primary N) is 1. The fraction of sp³-hybridized carbons (Fsp3) is 0.421. The normalized spacial score (nSPS) is 13.9. The molecule has 132 valence electrons. The van der Waals surface area contributed by atoms with Crippen LogP contribution in [0.25, 0.3) is 22.2 Å². The Balaban J connectivity index is 2.29. The van der Waals surface area contributed by atoms with Gasteiger partial charge in [0.1, 0.15) is 16.9 Å². The van der Waals surface area contributed by atoms with Crippen LogP contribution in [0.3, 0.4) is 0 Å². The van der Waals surface area contributed by atoms with E-state index < -0.39 is 5.97 Å². The van der Waals surface area contributed by atoms with Gasteiger partial charge in [-0.1, -0.05) is 26.0 Å². The SMILES string of the molecule is CC[C@@H](C)OC(=O)c1c(N)n([C@@H](C)CC)c2nc3ccccc3nc12. The van der Waals surface area contributed by atoms with Crippen molar-refractivity contribution in [3.8, 4) is 0 Å². The first kappa shape index (κ1) is 17.2. The number of para-hydroxylation sites is 2. The summed E-state index contributed by atoms with van der Waals surface area (Å²) in [6.45, 7) is 7.96. The molecule has 0 saturated carbocycles. The molecule has 2 atom stereocenters. The Morgan fingerprint density at radius 1 is 1.16 bits per heavy atom. The van der Waals surface area contributed by atoms with Crippen LogP contribution in [-0.2, 0) is 4.74 Å². The summed E-state index contributed by atoms with van der Waals surface area (Å²) in [5, 5.41) is 0. The second-order valence-electron chi connectivity index (χ2n) is 6.40. The van der Waals surface area contributed by atoms with Gasteiger partial charge in [-0.05, 0) is 38.8 Å². The van der Waals surface area contributed by atoms with Gasteiger partial charge in [0.05, 0.1) is 17.1 Å². The van der Waals surface area contributed by atoms with Crippen LogP contribution in [-0.4, -0.2) is 26.6 Å². The van der Waals surface area contributed by atoms with Crippen molar-refractivity contribution in [1.82, 2.24) is 14.5 Å². The first-order valence-corrected chi connectivity index (χ1v) is 8.75. The highest BCUT2D eigenvalue weighted by Crippen LogP contribution is 2.32. The number of hydrogen-bond acceptors (Lipinski definition) is 5. The molecule has 25 heavy (non-hydrogen) atoms. The van der Waals surface area contributed by atoms with Crippen molar-refractivity contribution in [1.29, 1.82) is 0 Å². The van der Waals surface area contributed by atoms with E-state index in [0.717, 1.165) is 23.9 Å². The largest absolute Gasteiger partial charge is 0.459 e. The fourth-order valence-electron chi connectivity index (χ4n) is 2.84. The van der Waals surface area contributed by atoms with Gasteiger partial charge in [0.25, 0.3) is 0 Å². The molecule has 2 aromatic heterocycles. The molecule has 2 N–H and O–H groups in total. The minimum Gasteiger partial charge on any atom is -0.459 e. The molecule has 0 radical (unpaired) electrons. The van der Waals surface area contributed by atoms with Crippen molar-refractivity contribution in [2.75, 3.05) is 5.73 Å². The number of carbonyl (C=O) groups excluding carboxylic acids is 1. The minimum absolute atomic E-state index is 0.100. The van der Waals surface area contributed by atoms with E-state index in [4.69, 9.17) is 15.5 Å². The quantitative estimate of drug-likeness (QED) is 0.707. The van der Waals surface area contributed by atoms with E-state index in [0.29, 0.717) is 22.5 Å². The minimum atomic E-state index is -0.441. The van der Waals surface area contributed by atoms with Gasteiger partial charge in [-0.15, -0.1) is 0 Å². The summed E-state index contributed by atoms with van der Waals surface area (Å²) in [6, 6.07) is 7.70. The molecule has 0 bridgehead atoms. The maximum Gasteiger partial charge on any atom is 0.344 e. The Morgan fingerprint density at radius 2 is 1.80 bits per heavy atom. The highest BCUT2D eigenvalue weighted by molar-refractivity contribution is 6.08. The lowest BCUT2D eigenvalue weighted by atomic mass is 10.2. The van der Waals surface area contributed by atoms with Crippen molar-refractivity contribution in [3.05, 3.63) is 29.8 Å². The molecule has 0 fully saturated rings. The van der Waals surface area contributed by atoms with Gasteiger partial charge in [-0.3, -0.25) is 0 Å². The van der Waals surface area contributed by atoms with Gasteiger partial charge in [-0.25, -0.2) is 14.8 Å². The standard InChI is InChI=1S/C19H24N4O2/c1-5-11(3)23-17(20)15(19(24)25-12(4)6-2)16-18(23)22-14-10-8-7-9-13(14)21-16/h7-12H,5-6,20H2,1-4H3/t11-,12+/m0/s1. The van der Waals surface area contributed by atoms with E-state index >= 15 is 0 Å². The smallest absolute Gasteiger partial charge is 0.344 e. The molecule has 3 rings (SSSR count). The molecule has 0 aliphatic heterocycles. The predicted octanol–water partition coefficient (Wildman–Crippen LogP) is 4.09. The maximum absolute atomic E-state index is 12.7. The monoisotopic (exact) mass is 340 g/mol. The summed E-state index contributed by atoms with van der Waals surface area (Å²) in [6.07, 6.45) is 1.43. The average molecular weight is 340 g/mol. The van der Waals surface area contributed by atoms with E-state index in [1.165, 1.54) is 0 Å². The summed E-state index contributed by atoms with van der Waals surface area (Å²) in [4.78, 5) is 22.1. The molecule has 2 heterocycles. The fourth-order valence-corrected chi connectivity index (χ4v) is 2.84. The zero-order valence-electron chi connectivity index (χ0n) is 15.1. The maximum atomic E-state index is 12.7. The molecule has 0 amide bonds. The lowest BCUT2D eigenvalue weighted by Gasteiger charge is -2.15. The number of aromatic nitrogens is 3. The molecule has 0 aliphatic rings. The number of benzene rings is 1. The van der Waals surface area contributed by atoms with Crippen molar-refractivity contribution in [2.24, 2.45) is 0 Å². The molecule has 0 saturated heterocycles. The van der Waals surface area contributed by atoms with Crippen LogP contribution in [0.5, 0.6) is 0 Å². The summed E-state index contributed by atoms with van der Waals surface area (Å²) in [5.74, 6) is -0.0727. The number of anilines is 1. The van der Waals surface area contributed by atoms with Gasteiger partial charge in [-0.2, -0.15) is 0 Å². The first-order chi connectivity index (χ1) is 12.0. The predicted molar refractivity (Wildman–Crippen MR) is 99.6 cm³/mol. The molecule has 0 spiro atoms. The Kier molecular flexibility index (Phi) is 4.61. The Labute approximate surface area is 147 Å². The molecule has 0 unspecified atom stereocenters. The van der Waals surface area contributed by atoms with Gasteiger partial charge in [0, 0.05) is 6.04 Å². The van der Waals surface area contributed by atoms with Gasteiger partial charge in [0.15, 0.2) is 5.65 Å². The summed E-state index contributed by atoms with van der Waals surface area (Å²) >= 11 is 0. The summed E-state index contributed by atoms with van der Waals surface area (Å²) < 4.78 is 7.40. The van der Waals surface area contributed by atoms with Crippen LogP contribution in [0, 0.1) is 0 Å².